The first-order valence-electron chi connectivity index (χ1n) is 22.0. The molecule has 6 unspecified atom stereocenters. The van der Waals surface area contributed by atoms with Crippen LogP contribution in [0.1, 0.15) is 87.5 Å². The molecule has 3 fully saturated rings. The molecule has 4 rings (SSSR count). The van der Waals surface area contributed by atoms with Crippen LogP contribution in [0.15, 0.2) is 24.3 Å². The molecule has 0 aliphatic carbocycles. The first-order chi connectivity index (χ1) is 29.7. The summed E-state index contributed by atoms with van der Waals surface area (Å²) < 4.78 is 67.9. The van der Waals surface area contributed by atoms with E-state index < -0.39 is 114 Å². The highest BCUT2D eigenvalue weighted by Crippen LogP contribution is 2.42. The van der Waals surface area contributed by atoms with Gasteiger partial charge in [0, 0.05) is 46.3 Å². The maximum Gasteiger partial charge on any atom is 0.309 e. The van der Waals surface area contributed by atoms with E-state index in [-0.39, 0.29) is 43.4 Å². The number of methoxy groups -OCH3 is 2. The summed E-state index contributed by atoms with van der Waals surface area (Å²) >= 11 is 3.75. The Kier molecular flexibility index (Phi) is 20.6. The van der Waals surface area contributed by atoms with Crippen molar-refractivity contribution in [2.75, 3.05) is 41.5 Å². The minimum Gasteiger partial charge on any atom is -0.462 e. The summed E-state index contributed by atoms with van der Waals surface area (Å²) in [4.78, 5) is 53.7. The Bertz CT molecular complexity index is 1560. The number of cyclic esters (lactones) is 1. The topological polar surface area (TPSA) is 193 Å². The van der Waals surface area contributed by atoms with Crippen molar-refractivity contribution in [2.24, 2.45) is 17.8 Å². The van der Waals surface area contributed by atoms with E-state index in [1.165, 1.54) is 27.2 Å². The molecule has 4 aliphatic rings. The number of halogens is 1. The van der Waals surface area contributed by atoms with E-state index in [1.54, 1.807) is 64.9 Å². The predicted octanol–water partition coefficient (Wildman–Crippen LogP) is 4.42. The molecule has 0 aromatic rings. The number of hydrogen-bond acceptors (Lipinski definition) is 17. The molecule has 0 saturated carbocycles. The number of allylic oxidation sites excluding steroid dienone is 3. The third-order valence-electron chi connectivity index (χ3n) is 12.1. The van der Waals surface area contributed by atoms with Crippen LogP contribution in [0.2, 0.25) is 0 Å². The zero-order chi connectivity index (χ0) is 46.8. The van der Waals surface area contributed by atoms with E-state index in [0.717, 1.165) is 0 Å². The van der Waals surface area contributed by atoms with Crippen molar-refractivity contribution in [2.45, 2.75) is 178 Å². The molecular formula is C45H72BrNO16. The van der Waals surface area contributed by atoms with Crippen molar-refractivity contribution in [3.8, 4) is 0 Å². The fourth-order valence-electron chi connectivity index (χ4n) is 8.79. The van der Waals surface area contributed by atoms with Crippen molar-refractivity contribution in [1.82, 2.24) is 4.90 Å². The number of ether oxygens (including phenoxy) is 11. The van der Waals surface area contributed by atoms with Crippen LogP contribution >= 0.6 is 15.9 Å². The van der Waals surface area contributed by atoms with Crippen LogP contribution in [0.25, 0.3) is 0 Å². The average molecular weight is 963 g/mol. The molecule has 3 saturated heterocycles. The lowest BCUT2D eigenvalue weighted by atomic mass is 9.82. The van der Waals surface area contributed by atoms with Gasteiger partial charge in [-0.25, -0.2) is 0 Å². The molecule has 0 aromatic carbocycles. The third-order valence-corrected chi connectivity index (χ3v) is 13.4. The fourth-order valence-corrected chi connectivity index (χ4v) is 9.49. The first-order valence-corrected chi connectivity index (χ1v) is 23.0. The van der Waals surface area contributed by atoms with Crippen molar-refractivity contribution in [3.05, 3.63) is 24.3 Å². The van der Waals surface area contributed by atoms with E-state index >= 15 is 0 Å². The van der Waals surface area contributed by atoms with E-state index in [0.29, 0.717) is 19.6 Å². The predicted molar refractivity (Wildman–Crippen MR) is 231 cm³/mol. The number of hydrogen-bond donors (Lipinski definition) is 1. The Morgan fingerprint density at radius 1 is 0.952 bits per heavy atom. The summed E-state index contributed by atoms with van der Waals surface area (Å²) in [6, 6.07) is -0.765. The van der Waals surface area contributed by atoms with Gasteiger partial charge in [-0.05, 0) is 66.1 Å². The fraction of sp³-hybridized carbons (Fsp3) is 0.822. The van der Waals surface area contributed by atoms with Gasteiger partial charge in [-0.3, -0.25) is 19.2 Å². The number of aliphatic hydroxyl groups is 1. The first kappa shape index (κ1) is 53.3. The lowest BCUT2D eigenvalue weighted by Gasteiger charge is -2.52. The van der Waals surface area contributed by atoms with Gasteiger partial charge in [0.05, 0.1) is 48.8 Å². The molecule has 4 heterocycles. The minimum atomic E-state index is -1.38. The van der Waals surface area contributed by atoms with Crippen LogP contribution in [-0.4, -0.2) is 166 Å². The maximum absolute atomic E-state index is 13.6. The Balaban J connectivity index is 1.71. The normalized spacial score (nSPS) is 40.1. The van der Waals surface area contributed by atoms with Crippen molar-refractivity contribution >= 4 is 39.6 Å². The van der Waals surface area contributed by atoms with Crippen molar-refractivity contribution < 1.29 is 76.4 Å². The summed E-state index contributed by atoms with van der Waals surface area (Å²) in [5, 5.41) is 12.3. The third kappa shape index (κ3) is 14.3. The Morgan fingerprint density at radius 3 is 2.21 bits per heavy atom. The van der Waals surface area contributed by atoms with Gasteiger partial charge in [-0.15, -0.1) is 0 Å². The lowest BCUT2D eigenvalue weighted by Crippen LogP contribution is -2.68. The molecule has 0 bridgehead atoms. The molecule has 0 aromatic heterocycles. The standard InChI is InChI=1S/C45H72BrNO16/c1-24(2)20-33(50)61-42-28(6)59-44(41(46)45(42,8)54-12)62-38-27(5)58-43(37(52)36(38)47(9)10)63-39-30(22-35-55-18-19-56-35)21-25(3)31(49)17-15-13-14-16-26(4)57-34(51)23-32(40(39)53-11)60-29(7)48/h13-15,17,24-28,30,32,35-44,52H,16,18-23H2,1-12H3/b14-13-,17-15-/t25?,26?,27-,28+,30?,32?,36-,37-,38-,39?,40?,41+,42+,43+,44+,45-/m1/s1. The summed E-state index contributed by atoms with van der Waals surface area (Å²) in [5.74, 6) is -2.86. The molecule has 0 spiro atoms. The second kappa shape index (κ2) is 24.4. The lowest BCUT2D eigenvalue weighted by molar-refractivity contribution is -0.343. The van der Waals surface area contributed by atoms with Crippen LogP contribution in [0.3, 0.4) is 0 Å². The SMILES string of the molecule is COC1C(OC(C)=O)CC(=O)OC(C)C/C=C\C=C/C(=O)C(C)CC(CC2OCCO2)C1O[C@@H]1O[C@H](C)[C@@H](O[C@@H]2O[C@@H](C)[C@H](OC(=O)CC(C)C)[C@](C)(OC)[C@H]2Br)[C@H](N(C)C)[C@H]1O. The van der Waals surface area contributed by atoms with Crippen molar-refractivity contribution in [3.63, 3.8) is 0 Å². The number of alkyl halides is 1. The Hall–Kier alpha value is -2.36. The zero-order valence-electron chi connectivity index (χ0n) is 39.0. The molecule has 63 heavy (non-hydrogen) atoms. The molecule has 17 nitrogen and oxygen atoms in total. The van der Waals surface area contributed by atoms with Crippen LogP contribution in [0.4, 0.5) is 0 Å². The summed E-state index contributed by atoms with van der Waals surface area (Å²) in [6.45, 7) is 14.8. The van der Waals surface area contributed by atoms with Gasteiger partial charge >= 0.3 is 17.9 Å². The molecule has 4 aliphatic heterocycles. The van der Waals surface area contributed by atoms with Gasteiger partial charge in [0.1, 0.15) is 36.1 Å². The maximum atomic E-state index is 13.6. The molecule has 16 atom stereocenters. The van der Waals surface area contributed by atoms with Gasteiger partial charge in [0.15, 0.2) is 30.8 Å². The zero-order valence-corrected chi connectivity index (χ0v) is 40.6. The number of esters is 3. The number of nitrogens with zero attached hydrogens (tertiary/aromatic N) is 1. The smallest absolute Gasteiger partial charge is 0.309 e. The number of likely N-dealkylation sites (N-methyl/N-ethyl adjacent to an activating group) is 1. The van der Waals surface area contributed by atoms with E-state index in [1.807, 2.05) is 20.8 Å². The van der Waals surface area contributed by atoms with Gasteiger partial charge in [0.2, 0.25) is 0 Å². The van der Waals surface area contributed by atoms with Crippen LogP contribution in [0, 0.1) is 17.8 Å². The van der Waals surface area contributed by atoms with E-state index in [2.05, 4.69) is 15.9 Å². The number of ketones is 1. The highest BCUT2D eigenvalue weighted by molar-refractivity contribution is 9.09. The monoisotopic (exact) mass is 961 g/mol. The molecule has 360 valence electrons. The van der Waals surface area contributed by atoms with E-state index in [9.17, 15) is 24.3 Å². The highest BCUT2D eigenvalue weighted by Gasteiger charge is 2.57. The van der Waals surface area contributed by atoms with Crippen LogP contribution in [0.5, 0.6) is 0 Å². The number of carbonyl (C=O) groups is 4. The van der Waals surface area contributed by atoms with Crippen LogP contribution in [-0.2, 0) is 71.3 Å². The number of aliphatic hydroxyl groups excluding tert-OH is 1. The van der Waals surface area contributed by atoms with Crippen LogP contribution < -0.4 is 0 Å². The molecular weight excluding hydrogens is 890 g/mol. The number of carbonyl (C=O) groups excluding carboxylic acids is 4. The molecule has 0 radical (unpaired) electrons. The number of rotatable bonds is 13. The average Bonchev–Trinajstić information content (AvgIpc) is 3.71. The van der Waals surface area contributed by atoms with Crippen molar-refractivity contribution in [1.29, 1.82) is 0 Å². The largest absolute Gasteiger partial charge is 0.462 e. The van der Waals surface area contributed by atoms with Gasteiger partial charge in [-0.1, -0.05) is 54.9 Å². The van der Waals surface area contributed by atoms with Gasteiger partial charge < -0.3 is 62.1 Å². The van der Waals surface area contributed by atoms with Gasteiger partial charge in [0.25, 0.3) is 0 Å². The summed E-state index contributed by atoms with van der Waals surface area (Å²) in [7, 11) is 6.53. The Labute approximate surface area is 381 Å². The molecule has 18 heteroatoms. The molecule has 1 N–H and O–H groups in total. The second-order valence-electron chi connectivity index (χ2n) is 17.9. The quantitative estimate of drug-likeness (QED) is 0.155. The van der Waals surface area contributed by atoms with E-state index in [4.69, 9.17) is 52.1 Å². The summed E-state index contributed by atoms with van der Waals surface area (Å²) in [6.07, 6.45) is -3.93. The summed E-state index contributed by atoms with van der Waals surface area (Å²) in [5.41, 5.74) is -1.08. The van der Waals surface area contributed by atoms with Gasteiger partial charge in [-0.2, -0.15) is 0 Å². The highest BCUT2D eigenvalue weighted by atomic mass is 79.9. The minimum absolute atomic E-state index is 0.0957. The molecule has 0 amide bonds. The Morgan fingerprint density at radius 2 is 1.60 bits per heavy atom. The second-order valence-corrected chi connectivity index (χ2v) is 18.9.